The van der Waals surface area contributed by atoms with Gasteiger partial charge in [0.05, 0.1) is 45.4 Å². The fourth-order valence-electron chi connectivity index (χ4n) is 7.76. The third-order valence-electron chi connectivity index (χ3n) is 10.1. The van der Waals surface area contributed by atoms with Gasteiger partial charge in [-0.25, -0.2) is 15.0 Å². The highest BCUT2D eigenvalue weighted by Gasteiger charge is 2.26. The van der Waals surface area contributed by atoms with E-state index in [-0.39, 0.29) is 10.7 Å². The summed E-state index contributed by atoms with van der Waals surface area (Å²) in [4.78, 5) is 33.5. The van der Waals surface area contributed by atoms with E-state index in [1.165, 1.54) is 0 Å². The van der Waals surface area contributed by atoms with Gasteiger partial charge >= 0.3 is 5.82 Å². The summed E-state index contributed by atoms with van der Waals surface area (Å²) in [6, 6.07) is 44.7. The first kappa shape index (κ1) is 31.2. The van der Waals surface area contributed by atoms with Crippen molar-refractivity contribution in [2.75, 3.05) is 0 Å². The van der Waals surface area contributed by atoms with E-state index in [1.807, 2.05) is 121 Å². The lowest BCUT2D eigenvalue weighted by atomic mass is 10.0. The number of nitro groups is 1. The van der Waals surface area contributed by atoms with Crippen molar-refractivity contribution in [3.63, 3.8) is 0 Å². The first-order valence-electron chi connectivity index (χ1n) is 17.7. The molecule has 0 saturated carbocycles. The molecule has 2 aliphatic rings. The van der Waals surface area contributed by atoms with E-state index in [0.717, 1.165) is 72.6 Å². The summed E-state index contributed by atoms with van der Waals surface area (Å²) in [6.07, 6.45) is 9.83. The van der Waals surface area contributed by atoms with Gasteiger partial charge in [-0.1, -0.05) is 121 Å². The predicted octanol–water partition coefficient (Wildman–Crippen LogP) is 11.7. The van der Waals surface area contributed by atoms with Crippen LogP contribution in [0.25, 0.3) is 102 Å². The van der Waals surface area contributed by atoms with Crippen molar-refractivity contribution in [2.45, 2.75) is 0 Å². The van der Waals surface area contributed by atoms with E-state index >= 15 is 0 Å². The summed E-state index contributed by atoms with van der Waals surface area (Å²) in [6.45, 7) is 0. The number of hydrogen-bond donors (Lipinski definition) is 3. The van der Waals surface area contributed by atoms with Crippen molar-refractivity contribution in [3.8, 4) is 44.5 Å². The van der Waals surface area contributed by atoms with Gasteiger partial charge in [0, 0.05) is 33.3 Å². The summed E-state index contributed by atoms with van der Waals surface area (Å²) >= 11 is 0. The number of rotatable bonds is 5. The molecule has 0 atom stereocenters. The van der Waals surface area contributed by atoms with Crippen LogP contribution in [0, 0.1) is 10.1 Å². The Morgan fingerprint density at radius 3 is 1.28 bits per heavy atom. The first-order chi connectivity index (χ1) is 26.6. The molecule has 8 nitrogen and oxygen atoms in total. The topological polar surface area (TPSA) is 116 Å². The van der Waals surface area contributed by atoms with Crippen LogP contribution in [0.1, 0.15) is 22.8 Å². The van der Waals surface area contributed by atoms with Gasteiger partial charge in [0.15, 0.2) is 0 Å². The molecule has 256 valence electrons. The highest BCUT2D eigenvalue weighted by Crippen LogP contribution is 2.43. The molecule has 2 aliphatic heterocycles. The minimum absolute atomic E-state index is 0.0981. The zero-order valence-electron chi connectivity index (χ0n) is 28.7. The van der Waals surface area contributed by atoms with E-state index in [9.17, 15) is 10.1 Å². The monoisotopic (exact) mass is 698 g/mol. The van der Waals surface area contributed by atoms with E-state index in [2.05, 4.69) is 51.4 Å². The van der Waals surface area contributed by atoms with Gasteiger partial charge in [-0.05, 0) is 63.6 Å². The van der Waals surface area contributed by atoms with E-state index in [1.54, 1.807) is 6.20 Å². The van der Waals surface area contributed by atoms with E-state index in [0.29, 0.717) is 27.5 Å². The fraction of sp³-hybridized carbons (Fsp3) is 0. The SMILES string of the molecule is O=[N+]([O-])c1[nH]cc2c3[nH]c(c(-c4ccccc4)c4nc(c(-c5ccccc5)c5ccc([nH]5)c(-c5ccccc5)c5nc(c3-c3ccccc3)C=C5)C=C4)c12. The number of nitrogens with one attached hydrogen (secondary N) is 3. The van der Waals surface area contributed by atoms with Crippen LogP contribution in [-0.4, -0.2) is 29.8 Å². The van der Waals surface area contributed by atoms with Gasteiger partial charge in [0.1, 0.15) is 5.39 Å². The molecule has 0 saturated heterocycles. The average molecular weight is 699 g/mol. The summed E-state index contributed by atoms with van der Waals surface area (Å²) < 4.78 is 0. The molecule has 0 unspecified atom stereocenters. The van der Waals surface area contributed by atoms with Crippen LogP contribution in [0.5, 0.6) is 0 Å². The number of aromatic amines is 3. The Kier molecular flexibility index (Phi) is 7.26. The van der Waals surface area contributed by atoms with Crippen LogP contribution in [0.2, 0.25) is 0 Å². The van der Waals surface area contributed by atoms with Gasteiger partial charge < -0.3 is 20.1 Å². The molecule has 8 heteroatoms. The largest absolute Gasteiger partial charge is 0.358 e. The minimum atomic E-state index is -0.357. The number of hydrogen-bond acceptors (Lipinski definition) is 4. The highest BCUT2D eigenvalue weighted by molar-refractivity contribution is 6.19. The smallest absolute Gasteiger partial charge is 0.330 e. The molecule has 0 amide bonds. The summed E-state index contributed by atoms with van der Waals surface area (Å²) in [5.74, 6) is -0.0981. The van der Waals surface area contributed by atoms with Crippen LogP contribution >= 0.6 is 0 Å². The van der Waals surface area contributed by atoms with Gasteiger partial charge in [0.25, 0.3) is 0 Å². The van der Waals surface area contributed by atoms with Crippen molar-refractivity contribution >= 4 is 63.0 Å². The Labute approximate surface area is 309 Å². The second kappa shape index (κ2) is 12.6. The van der Waals surface area contributed by atoms with Crippen molar-refractivity contribution in [3.05, 3.63) is 173 Å². The summed E-state index contributed by atoms with van der Waals surface area (Å²) in [5.41, 5.74) is 13.3. The Morgan fingerprint density at radius 1 is 0.463 bits per heavy atom. The molecule has 3 N–H and O–H groups in total. The van der Waals surface area contributed by atoms with Crippen molar-refractivity contribution < 1.29 is 4.92 Å². The molecule has 10 rings (SSSR count). The second-order valence-electron chi connectivity index (χ2n) is 13.2. The number of aromatic nitrogens is 5. The number of benzene rings is 4. The molecule has 0 aliphatic carbocycles. The maximum atomic E-state index is 12.7. The molecule has 4 aromatic carbocycles. The summed E-state index contributed by atoms with van der Waals surface area (Å²) in [5, 5.41) is 13.9. The first-order valence-corrected chi connectivity index (χ1v) is 17.7. The van der Waals surface area contributed by atoms with Gasteiger partial charge in [-0.3, -0.25) is 0 Å². The van der Waals surface area contributed by atoms with Crippen molar-refractivity contribution in [2.24, 2.45) is 0 Å². The Balaban J connectivity index is 1.48. The zero-order chi connectivity index (χ0) is 36.2. The zero-order valence-corrected chi connectivity index (χ0v) is 28.7. The van der Waals surface area contributed by atoms with Crippen LogP contribution < -0.4 is 0 Å². The quantitative estimate of drug-likeness (QED) is 0.122. The molecule has 6 heterocycles. The molecule has 8 aromatic rings. The lowest BCUT2D eigenvalue weighted by molar-refractivity contribution is -0.387. The third kappa shape index (κ3) is 5.08. The Morgan fingerprint density at radius 2 is 0.852 bits per heavy atom. The minimum Gasteiger partial charge on any atom is -0.358 e. The average Bonchev–Trinajstić information content (AvgIpc) is 4.06. The molecule has 0 spiro atoms. The molecule has 0 fully saturated rings. The molecule has 54 heavy (non-hydrogen) atoms. The highest BCUT2D eigenvalue weighted by atomic mass is 16.6. The molecule has 0 radical (unpaired) electrons. The van der Waals surface area contributed by atoms with Gasteiger partial charge in [0.2, 0.25) is 0 Å². The van der Waals surface area contributed by atoms with Crippen molar-refractivity contribution in [1.29, 1.82) is 0 Å². The Bertz CT molecular complexity index is 2990. The molecule has 4 aromatic heterocycles. The number of H-pyrrole nitrogens is 3. The number of nitrogens with zero attached hydrogens (tertiary/aromatic N) is 3. The van der Waals surface area contributed by atoms with E-state index < -0.39 is 0 Å². The number of fused-ring (bicyclic) bond motifs is 11. The predicted molar refractivity (Wildman–Crippen MR) is 219 cm³/mol. The maximum Gasteiger partial charge on any atom is 0.330 e. The lowest BCUT2D eigenvalue weighted by Crippen LogP contribution is -1.91. The maximum absolute atomic E-state index is 12.7. The van der Waals surface area contributed by atoms with Crippen LogP contribution in [0.15, 0.2) is 140 Å². The van der Waals surface area contributed by atoms with Gasteiger partial charge in [-0.15, -0.1) is 0 Å². The Hall–Kier alpha value is -7.58. The molecule has 8 bridgehead atoms. The van der Waals surface area contributed by atoms with Crippen molar-refractivity contribution in [1.82, 2.24) is 24.9 Å². The molecular formula is C46H30N6O2. The summed E-state index contributed by atoms with van der Waals surface area (Å²) in [7, 11) is 0. The second-order valence-corrected chi connectivity index (χ2v) is 13.2. The third-order valence-corrected chi connectivity index (χ3v) is 10.1. The van der Waals surface area contributed by atoms with Crippen LogP contribution in [0.4, 0.5) is 5.82 Å². The van der Waals surface area contributed by atoms with Crippen LogP contribution in [-0.2, 0) is 0 Å². The normalized spacial score (nSPS) is 12.1. The van der Waals surface area contributed by atoms with Crippen LogP contribution in [0.3, 0.4) is 0 Å². The lowest BCUT2D eigenvalue weighted by Gasteiger charge is -2.07. The standard InChI is InChI=1S/C46H30N6O2/c53-52(54)46-43-32(27-47-46)44-41(30-17-9-3-10-18-30)37-25-23-35(49-37)39(28-13-5-1-6-14-28)33-21-22-34(48-33)40(29-15-7-2-8-16-29)36-24-26-38(50-36)42(45(43)51-44)31-19-11-4-12-20-31/h1-27,47-48,51H. The molecular weight excluding hydrogens is 669 g/mol. The van der Waals surface area contributed by atoms with E-state index in [4.69, 9.17) is 9.97 Å². The van der Waals surface area contributed by atoms with Gasteiger partial charge in [-0.2, -0.15) is 0 Å². The fourth-order valence-corrected chi connectivity index (χ4v) is 7.76.